The van der Waals surface area contributed by atoms with Crippen molar-refractivity contribution < 1.29 is 46.8 Å². The number of piperidine rings is 1. The molecule has 7 heterocycles. The van der Waals surface area contributed by atoms with E-state index in [9.17, 15) is 33.3 Å². The molecule has 0 radical (unpaired) electrons. The summed E-state index contributed by atoms with van der Waals surface area (Å²) in [6.07, 6.45) is 8.80. The van der Waals surface area contributed by atoms with Crippen LogP contribution >= 0.6 is 0 Å². The van der Waals surface area contributed by atoms with Gasteiger partial charge in [0.05, 0.1) is 23.1 Å². The zero-order chi connectivity index (χ0) is 57.9. The second-order valence-electron chi connectivity index (χ2n) is 23.5. The summed E-state index contributed by atoms with van der Waals surface area (Å²) in [5, 5.41) is 46.9. The number of aromatic hydroxyl groups is 3. The van der Waals surface area contributed by atoms with Gasteiger partial charge in [-0.15, -0.1) is 16.6 Å². The Balaban J connectivity index is 0.664. The highest BCUT2D eigenvalue weighted by Gasteiger charge is 2.46. The topological polar surface area (TPSA) is 193 Å². The Morgan fingerprint density at radius 2 is 1.59 bits per heavy atom. The van der Waals surface area contributed by atoms with Gasteiger partial charge >= 0.3 is 12.2 Å². The summed E-state index contributed by atoms with van der Waals surface area (Å²) < 4.78 is 79.5. The molecule has 434 valence electrons. The van der Waals surface area contributed by atoms with Crippen LogP contribution < -0.4 is 20.3 Å². The normalized spacial score (nSPS) is 19.7. The first-order valence-electron chi connectivity index (χ1n) is 28.4. The number of terminal acetylenes is 1. The number of anilines is 1. The fourth-order valence-corrected chi connectivity index (χ4v) is 12.6. The van der Waals surface area contributed by atoms with Gasteiger partial charge in [0.25, 0.3) is 5.91 Å². The number of fused-ring (bicyclic) bond motifs is 4. The Labute approximate surface area is 476 Å². The second-order valence-corrected chi connectivity index (χ2v) is 23.5. The number of ether oxygens (including phenoxy) is 1. The number of aromatic nitrogens is 6. The Morgan fingerprint density at radius 1 is 0.867 bits per heavy atom. The molecule has 2 bridgehead atoms. The first-order valence-corrected chi connectivity index (χ1v) is 28.4. The Hall–Kier alpha value is -7.71. The predicted octanol–water partition coefficient (Wildman–Crippen LogP) is 8.51. The van der Waals surface area contributed by atoms with E-state index in [1.165, 1.54) is 41.0 Å². The standard InChI is InChI=1S/C61H65F5N12O5/c1-4-43-48(62)12-7-38-23-42(79)24-46(51(38)43)53-52(63)54-47(27-67-53)55(77-30-39-8-9-40(31-77)69-39)71-59(70-54)83-34-60(15-16-60)33-76-21-19-75(20-22-76)29-37-13-17-74(18-14-37)28-36-5-10-41(11-6-36)78-56(45-25-44(35(2)3)49(80)26-50(45)81)72-73-57(78)58(82)68-32-61(64,65)66/h1,5-7,10-12,23-27,35,37,39-40,69,79-81H,8-9,13-22,28-34H2,2-3H3,(H,68,82). The molecule has 4 aliphatic heterocycles. The molecule has 1 amide bonds. The maximum absolute atomic E-state index is 17.2. The maximum atomic E-state index is 17.2. The molecule has 2 unspecified atom stereocenters. The van der Waals surface area contributed by atoms with Crippen molar-refractivity contribution >= 4 is 33.4 Å². The number of phenols is 3. The first kappa shape index (κ1) is 55.8. The average Bonchev–Trinajstić information content (AvgIpc) is 4.22. The minimum atomic E-state index is -4.65. The Morgan fingerprint density at radius 3 is 2.28 bits per heavy atom. The molecule has 5 N–H and O–H groups in total. The van der Waals surface area contributed by atoms with Crippen molar-refractivity contribution in [3.63, 3.8) is 0 Å². The van der Waals surface area contributed by atoms with Crippen LogP contribution in [0.5, 0.6) is 23.3 Å². The van der Waals surface area contributed by atoms with Gasteiger partial charge in [-0.3, -0.25) is 19.2 Å². The number of carbonyl (C=O) groups is 1. The Kier molecular flexibility index (Phi) is 15.1. The summed E-state index contributed by atoms with van der Waals surface area (Å²) in [6.45, 7) is 12.1. The highest BCUT2D eigenvalue weighted by atomic mass is 19.4. The van der Waals surface area contributed by atoms with Crippen LogP contribution in [0.15, 0.2) is 66.9 Å². The number of carbonyl (C=O) groups excluding carboxylic acids is 1. The minimum Gasteiger partial charge on any atom is -0.508 e. The number of pyridine rings is 1. The van der Waals surface area contributed by atoms with Crippen LogP contribution in [0.2, 0.25) is 0 Å². The molecular formula is C61H65F5N12O5. The number of hydrogen-bond donors (Lipinski definition) is 5. The minimum absolute atomic E-state index is 0.0172. The summed E-state index contributed by atoms with van der Waals surface area (Å²) in [7, 11) is 0. The lowest BCUT2D eigenvalue weighted by Gasteiger charge is -2.39. The lowest BCUT2D eigenvalue weighted by molar-refractivity contribution is -0.123. The van der Waals surface area contributed by atoms with Gasteiger partial charge in [0.1, 0.15) is 46.6 Å². The molecule has 22 heteroatoms. The highest BCUT2D eigenvalue weighted by Crippen LogP contribution is 2.47. The van der Waals surface area contributed by atoms with Gasteiger partial charge in [-0.25, -0.2) is 8.78 Å². The molecule has 12 rings (SSSR count). The summed E-state index contributed by atoms with van der Waals surface area (Å²) in [5.74, 6) is -0.119. The predicted molar refractivity (Wildman–Crippen MR) is 303 cm³/mol. The summed E-state index contributed by atoms with van der Waals surface area (Å²) in [4.78, 5) is 37.0. The van der Waals surface area contributed by atoms with E-state index in [-0.39, 0.29) is 85.8 Å². The largest absolute Gasteiger partial charge is 0.508 e. The summed E-state index contributed by atoms with van der Waals surface area (Å²) >= 11 is 0. The van der Waals surface area contributed by atoms with E-state index < -0.39 is 36.1 Å². The lowest BCUT2D eigenvalue weighted by Crippen LogP contribution is -2.51. The number of alkyl halides is 3. The van der Waals surface area contributed by atoms with Gasteiger partial charge in [0.15, 0.2) is 11.6 Å². The number of halogens is 5. The van der Waals surface area contributed by atoms with Crippen LogP contribution in [0.3, 0.4) is 0 Å². The van der Waals surface area contributed by atoms with E-state index in [4.69, 9.17) is 21.1 Å². The highest BCUT2D eigenvalue weighted by molar-refractivity contribution is 6.03. The van der Waals surface area contributed by atoms with E-state index in [1.54, 1.807) is 18.3 Å². The van der Waals surface area contributed by atoms with Crippen LogP contribution in [0.1, 0.15) is 85.6 Å². The number of nitrogens with one attached hydrogen (secondary N) is 2. The molecule has 1 aliphatic carbocycles. The molecule has 4 aromatic carbocycles. The van der Waals surface area contributed by atoms with Crippen LogP contribution in [0, 0.1) is 35.3 Å². The summed E-state index contributed by atoms with van der Waals surface area (Å²) in [6, 6.07) is 16.2. The fraction of sp³-hybridized carbons (Fsp3) is 0.443. The van der Waals surface area contributed by atoms with E-state index in [0.717, 1.165) is 96.4 Å². The monoisotopic (exact) mass is 1140 g/mol. The number of rotatable bonds is 16. The van der Waals surface area contributed by atoms with Crippen LogP contribution in [-0.4, -0.2) is 163 Å². The van der Waals surface area contributed by atoms with Gasteiger partial charge in [-0.1, -0.05) is 38.0 Å². The van der Waals surface area contributed by atoms with Crippen molar-refractivity contribution in [1.82, 2.24) is 55.0 Å². The van der Waals surface area contributed by atoms with E-state index in [0.29, 0.717) is 60.0 Å². The smallest absolute Gasteiger partial charge is 0.405 e. The van der Waals surface area contributed by atoms with Gasteiger partial charge in [-0.2, -0.15) is 23.1 Å². The number of likely N-dealkylation sites (tertiary alicyclic amines) is 1. The van der Waals surface area contributed by atoms with Crippen molar-refractivity contribution in [1.29, 1.82) is 0 Å². The second kappa shape index (κ2) is 22.5. The molecule has 17 nitrogen and oxygen atoms in total. The number of benzene rings is 4. The molecule has 83 heavy (non-hydrogen) atoms. The zero-order valence-electron chi connectivity index (χ0n) is 46.2. The van der Waals surface area contributed by atoms with Crippen molar-refractivity contribution in [3.05, 3.63) is 101 Å². The quantitative estimate of drug-likeness (QED) is 0.0457. The number of hydrogen-bond acceptors (Lipinski definition) is 15. The summed E-state index contributed by atoms with van der Waals surface area (Å²) in [5.41, 5.74) is 1.96. The molecule has 7 aromatic rings. The molecule has 4 saturated heterocycles. The van der Waals surface area contributed by atoms with Crippen LogP contribution in [0.25, 0.3) is 50.0 Å². The molecule has 5 aliphatic rings. The zero-order valence-corrected chi connectivity index (χ0v) is 46.2. The van der Waals surface area contributed by atoms with Gasteiger partial charge < -0.3 is 45.4 Å². The van der Waals surface area contributed by atoms with Crippen molar-refractivity contribution in [2.45, 2.75) is 83.1 Å². The molecule has 5 fully saturated rings. The third kappa shape index (κ3) is 11.7. The molecule has 3 aromatic heterocycles. The van der Waals surface area contributed by atoms with Crippen molar-refractivity contribution in [2.24, 2.45) is 11.3 Å². The van der Waals surface area contributed by atoms with Gasteiger partial charge in [-0.05, 0) is 116 Å². The molecule has 0 spiro atoms. The number of piperazine rings is 2. The third-order valence-electron chi connectivity index (χ3n) is 17.2. The number of nitrogens with zero attached hydrogens (tertiary/aromatic N) is 10. The maximum Gasteiger partial charge on any atom is 0.405 e. The fourth-order valence-electron chi connectivity index (χ4n) is 12.6. The van der Waals surface area contributed by atoms with E-state index in [1.807, 2.05) is 31.3 Å². The third-order valence-corrected chi connectivity index (χ3v) is 17.2. The van der Waals surface area contributed by atoms with E-state index in [2.05, 4.69) is 46.0 Å². The van der Waals surface area contributed by atoms with E-state index >= 15 is 8.78 Å². The SMILES string of the molecule is C#Cc1c(F)ccc2cc(O)cc(-c3ncc4c(N5CC6CCC(C5)N6)nc(OCC5(CN6CCN(CC7CCN(Cc8ccc(-n9c(C(=O)NCC(F)(F)F)nnc9-c9cc(C(C)C)c(O)cc9O)cc8)CC7)CC6)CC5)nc4c3F)c12. The first-order chi connectivity index (χ1) is 39.9. The van der Waals surface area contributed by atoms with Crippen molar-refractivity contribution in [3.8, 4) is 63.9 Å². The Bertz CT molecular complexity index is 3630. The van der Waals surface area contributed by atoms with Crippen molar-refractivity contribution in [2.75, 3.05) is 83.5 Å². The molecule has 1 saturated carbocycles. The number of phenolic OH excluding ortho intramolecular Hbond substituents is 3. The molecular weight excluding hydrogens is 1080 g/mol. The van der Waals surface area contributed by atoms with Crippen LogP contribution in [0.4, 0.5) is 27.8 Å². The van der Waals surface area contributed by atoms with Gasteiger partial charge in [0, 0.05) is 105 Å². The van der Waals surface area contributed by atoms with Gasteiger partial charge in [0.2, 0.25) is 5.82 Å². The molecule has 2 atom stereocenters. The van der Waals surface area contributed by atoms with Crippen LogP contribution in [-0.2, 0) is 6.54 Å². The average molecular weight is 1140 g/mol. The number of amides is 1. The lowest BCUT2D eigenvalue weighted by atomic mass is 9.95.